The van der Waals surface area contributed by atoms with Crippen molar-refractivity contribution >= 4 is 0 Å². The lowest BCUT2D eigenvalue weighted by Crippen LogP contribution is -2.38. The highest BCUT2D eigenvalue weighted by Crippen LogP contribution is 2.25. The van der Waals surface area contributed by atoms with E-state index in [4.69, 9.17) is 4.74 Å². The third-order valence-electron chi connectivity index (χ3n) is 4.55. The highest BCUT2D eigenvalue weighted by atomic mass is 16.5. The molecule has 3 heteroatoms. The SMILES string of the molecule is OC1CCN(CCOc2ccc3c(c2)CCCC3)CC1. The van der Waals surface area contributed by atoms with E-state index in [0.29, 0.717) is 0 Å². The summed E-state index contributed by atoms with van der Waals surface area (Å²) in [5.74, 6) is 1.02. The van der Waals surface area contributed by atoms with Gasteiger partial charge in [0.25, 0.3) is 0 Å². The van der Waals surface area contributed by atoms with Gasteiger partial charge in [0.1, 0.15) is 12.4 Å². The van der Waals surface area contributed by atoms with Gasteiger partial charge in [0, 0.05) is 19.6 Å². The molecule has 3 rings (SSSR count). The lowest BCUT2D eigenvalue weighted by Gasteiger charge is -2.29. The van der Waals surface area contributed by atoms with Crippen molar-refractivity contribution in [3.05, 3.63) is 29.3 Å². The number of fused-ring (bicyclic) bond motifs is 1. The molecular formula is C17H25NO2. The number of rotatable bonds is 4. The molecule has 0 aromatic heterocycles. The van der Waals surface area contributed by atoms with Gasteiger partial charge in [-0.2, -0.15) is 0 Å². The minimum absolute atomic E-state index is 0.0900. The number of ether oxygens (including phenoxy) is 1. The van der Waals surface area contributed by atoms with Gasteiger partial charge in [-0.1, -0.05) is 6.07 Å². The fraction of sp³-hybridized carbons (Fsp3) is 0.647. The largest absolute Gasteiger partial charge is 0.492 e. The number of aliphatic hydroxyl groups excluding tert-OH is 1. The van der Waals surface area contributed by atoms with Crippen LogP contribution in [0.4, 0.5) is 0 Å². The third kappa shape index (κ3) is 3.53. The van der Waals surface area contributed by atoms with Crippen LogP contribution in [0.3, 0.4) is 0 Å². The number of benzene rings is 1. The van der Waals surface area contributed by atoms with E-state index < -0.39 is 0 Å². The van der Waals surface area contributed by atoms with Crippen LogP contribution in [0.1, 0.15) is 36.8 Å². The third-order valence-corrected chi connectivity index (χ3v) is 4.55. The molecule has 1 aromatic rings. The van der Waals surface area contributed by atoms with E-state index in [2.05, 4.69) is 23.1 Å². The van der Waals surface area contributed by atoms with Gasteiger partial charge >= 0.3 is 0 Å². The predicted molar refractivity (Wildman–Crippen MR) is 80.3 cm³/mol. The second-order valence-corrected chi connectivity index (χ2v) is 6.06. The fourth-order valence-corrected chi connectivity index (χ4v) is 3.24. The first-order chi connectivity index (χ1) is 9.81. The zero-order valence-electron chi connectivity index (χ0n) is 12.2. The fourth-order valence-electron chi connectivity index (χ4n) is 3.24. The molecule has 3 nitrogen and oxygen atoms in total. The van der Waals surface area contributed by atoms with Gasteiger partial charge in [-0.25, -0.2) is 0 Å². The van der Waals surface area contributed by atoms with Crippen LogP contribution < -0.4 is 4.74 Å². The van der Waals surface area contributed by atoms with Crippen LogP contribution >= 0.6 is 0 Å². The van der Waals surface area contributed by atoms with Crippen molar-refractivity contribution in [3.63, 3.8) is 0 Å². The Bertz CT molecular complexity index is 439. The molecule has 1 aliphatic carbocycles. The maximum absolute atomic E-state index is 9.48. The van der Waals surface area contributed by atoms with Crippen LogP contribution in [0.15, 0.2) is 18.2 Å². The quantitative estimate of drug-likeness (QED) is 0.916. The average molecular weight is 275 g/mol. The molecule has 1 aromatic carbocycles. The summed E-state index contributed by atoms with van der Waals surface area (Å²) in [5.41, 5.74) is 2.99. The summed E-state index contributed by atoms with van der Waals surface area (Å²) in [7, 11) is 0. The first kappa shape index (κ1) is 13.9. The van der Waals surface area contributed by atoms with E-state index in [0.717, 1.165) is 44.8 Å². The number of hydrogen-bond donors (Lipinski definition) is 1. The zero-order chi connectivity index (χ0) is 13.8. The van der Waals surface area contributed by atoms with Crippen LogP contribution in [0.2, 0.25) is 0 Å². The van der Waals surface area contributed by atoms with Gasteiger partial charge in [0.2, 0.25) is 0 Å². The summed E-state index contributed by atoms with van der Waals surface area (Å²) in [6, 6.07) is 6.58. The Hall–Kier alpha value is -1.06. The van der Waals surface area contributed by atoms with Crippen LogP contribution in [0.25, 0.3) is 0 Å². The topological polar surface area (TPSA) is 32.7 Å². The molecule has 0 bridgehead atoms. The molecule has 0 spiro atoms. The van der Waals surface area contributed by atoms with Crippen molar-refractivity contribution in [2.24, 2.45) is 0 Å². The molecule has 0 unspecified atom stereocenters. The van der Waals surface area contributed by atoms with Crippen LogP contribution in [-0.2, 0) is 12.8 Å². The summed E-state index contributed by atoms with van der Waals surface area (Å²) in [4.78, 5) is 2.38. The van der Waals surface area contributed by atoms with Crippen molar-refractivity contribution in [1.29, 1.82) is 0 Å². The molecule has 0 atom stereocenters. The Labute approximate surface area is 121 Å². The molecule has 20 heavy (non-hydrogen) atoms. The molecule has 1 saturated heterocycles. The van der Waals surface area contributed by atoms with E-state index in [1.807, 2.05) is 0 Å². The van der Waals surface area contributed by atoms with E-state index >= 15 is 0 Å². The summed E-state index contributed by atoms with van der Waals surface area (Å²) >= 11 is 0. The number of piperidine rings is 1. The molecular weight excluding hydrogens is 250 g/mol. The van der Waals surface area contributed by atoms with Crippen LogP contribution in [0.5, 0.6) is 5.75 Å². The van der Waals surface area contributed by atoms with Crippen molar-refractivity contribution in [1.82, 2.24) is 4.90 Å². The molecule has 1 aliphatic heterocycles. The standard InChI is InChI=1S/C17H25NO2/c19-16-7-9-18(10-8-16)11-12-20-17-6-5-14-3-1-2-4-15(14)13-17/h5-6,13,16,19H,1-4,7-12H2. The Kier molecular flexibility index (Phi) is 4.58. The van der Waals surface area contributed by atoms with Gasteiger partial charge in [0.05, 0.1) is 6.10 Å². The maximum Gasteiger partial charge on any atom is 0.119 e. The average Bonchev–Trinajstić information content (AvgIpc) is 2.49. The second-order valence-electron chi connectivity index (χ2n) is 6.06. The number of hydrogen-bond acceptors (Lipinski definition) is 3. The smallest absolute Gasteiger partial charge is 0.119 e. The summed E-state index contributed by atoms with van der Waals surface area (Å²) in [5, 5.41) is 9.48. The zero-order valence-corrected chi connectivity index (χ0v) is 12.2. The number of aliphatic hydroxyl groups is 1. The molecule has 2 aliphatic rings. The van der Waals surface area contributed by atoms with E-state index in [-0.39, 0.29) is 6.10 Å². The lowest BCUT2D eigenvalue weighted by atomic mass is 9.92. The minimum Gasteiger partial charge on any atom is -0.492 e. The number of nitrogens with zero attached hydrogens (tertiary/aromatic N) is 1. The van der Waals surface area contributed by atoms with Crippen molar-refractivity contribution in [2.75, 3.05) is 26.2 Å². The maximum atomic E-state index is 9.48. The highest BCUT2D eigenvalue weighted by Gasteiger charge is 2.16. The van der Waals surface area contributed by atoms with Crippen LogP contribution in [-0.4, -0.2) is 42.4 Å². The van der Waals surface area contributed by atoms with Crippen molar-refractivity contribution in [2.45, 2.75) is 44.6 Å². The first-order valence-corrected chi connectivity index (χ1v) is 7.96. The summed E-state index contributed by atoms with van der Waals surface area (Å²) in [6.07, 6.45) is 6.79. The molecule has 0 radical (unpaired) electrons. The van der Waals surface area contributed by atoms with Gasteiger partial charge in [-0.05, 0) is 61.8 Å². The van der Waals surface area contributed by atoms with Gasteiger partial charge in [0.15, 0.2) is 0 Å². The molecule has 0 saturated carbocycles. The van der Waals surface area contributed by atoms with E-state index in [1.54, 1.807) is 0 Å². The molecule has 110 valence electrons. The highest BCUT2D eigenvalue weighted by molar-refractivity contribution is 5.37. The molecule has 1 heterocycles. The predicted octanol–water partition coefficient (Wildman–Crippen LogP) is 2.40. The molecule has 1 fully saturated rings. The first-order valence-electron chi connectivity index (χ1n) is 7.96. The Morgan fingerprint density at radius 3 is 2.65 bits per heavy atom. The minimum atomic E-state index is -0.0900. The van der Waals surface area contributed by atoms with Crippen molar-refractivity contribution < 1.29 is 9.84 Å². The van der Waals surface area contributed by atoms with E-state index in [1.165, 1.54) is 36.8 Å². The van der Waals surface area contributed by atoms with Gasteiger partial charge in [-0.15, -0.1) is 0 Å². The van der Waals surface area contributed by atoms with E-state index in [9.17, 15) is 5.11 Å². The molecule has 0 amide bonds. The second kappa shape index (κ2) is 6.59. The summed E-state index contributed by atoms with van der Waals surface area (Å²) in [6.45, 7) is 3.70. The summed E-state index contributed by atoms with van der Waals surface area (Å²) < 4.78 is 5.90. The number of likely N-dealkylation sites (tertiary alicyclic amines) is 1. The van der Waals surface area contributed by atoms with Gasteiger partial charge in [-0.3, -0.25) is 4.90 Å². The lowest BCUT2D eigenvalue weighted by molar-refractivity contribution is 0.0755. The van der Waals surface area contributed by atoms with Gasteiger partial charge < -0.3 is 9.84 Å². The van der Waals surface area contributed by atoms with Crippen LogP contribution in [0, 0.1) is 0 Å². The molecule has 1 N–H and O–H groups in total. The van der Waals surface area contributed by atoms with Crippen molar-refractivity contribution in [3.8, 4) is 5.75 Å². The Morgan fingerprint density at radius 2 is 1.85 bits per heavy atom. The Balaban J connectivity index is 1.46. The number of aryl methyl sites for hydroxylation is 2. The Morgan fingerprint density at radius 1 is 1.10 bits per heavy atom. The normalized spacial score (nSPS) is 20.6. The monoisotopic (exact) mass is 275 g/mol.